The molecule has 1 N–H and O–H groups in total. The van der Waals surface area contributed by atoms with Gasteiger partial charge in [0.1, 0.15) is 0 Å². The molecule has 0 fully saturated rings. The van der Waals surface area contributed by atoms with E-state index in [4.69, 9.17) is 5.53 Å². The molecular formula is C11H12N4O. The average Bonchev–Trinajstić information content (AvgIpc) is 2.68. The zero-order valence-electron chi connectivity index (χ0n) is 8.91. The van der Waals surface area contributed by atoms with Gasteiger partial charge in [-0.15, -0.1) is 0 Å². The quantitative estimate of drug-likeness (QED) is 0.477. The highest BCUT2D eigenvalue weighted by molar-refractivity contribution is 5.83. The Balaban J connectivity index is 2.66. The van der Waals surface area contributed by atoms with Crippen LogP contribution in [0.25, 0.3) is 21.3 Å². The fourth-order valence-electron chi connectivity index (χ4n) is 1.92. The van der Waals surface area contributed by atoms with Gasteiger partial charge in [-0.3, -0.25) is 0 Å². The number of aromatic nitrogens is 1. The number of azide groups is 1. The second-order valence-corrected chi connectivity index (χ2v) is 3.62. The molecule has 2 aromatic rings. The van der Waals surface area contributed by atoms with E-state index in [1.165, 1.54) is 0 Å². The third-order valence-electron chi connectivity index (χ3n) is 2.65. The van der Waals surface area contributed by atoms with E-state index in [9.17, 15) is 5.11 Å². The molecule has 1 unspecified atom stereocenters. The molecule has 0 radical (unpaired) electrons. The van der Waals surface area contributed by atoms with Crippen LogP contribution in [0.5, 0.6) is 0 Å². The largest absolute Gasteiger partial charge is 0.396 e. The molecule has 5 nitrogen and oxygen atoms in total. The smallest absolute Gasteiger partial charge is 0.0876 e. The second-order valence-electron chi connectivity index (χ2n) is 3.62. The second kappa shape index (κ2) is 4.26. The molecule has 82 valence electrons. The van der Waals surface area contributed by atoms with Crippen LogP contribution in [0.15, 0.2) is 35.6 Å². The first kappa shape index (κ1) is 10.5. The maximum absolute atomic E-state index is 9.22. The molecule has 0 aliphatic rings. The summed E-state index contributed by atoms with van der Waals surface area (Å²) in [6.07, 6.45) is 1.94. The van der Waals surface area contributed by atoms with Crippen molar-refractivity contribution in [3.63, 3.8) is 0 Å². The van der Waals surface area contributed by atoms with Crippen LogP contribution in [-0.4, -0.2) is 16.3 Å². The van der Waals surface area contributed by atoms with Crippen molar-refractivity contribution in [2.75, 3.05) is 6.61 Å². The lowest BCUT2D eigenvalue weighted by Gasteiger charge is -2.11. The van der Waals surface area contributed by atoms with Crippen LogP contribution in [0.1, 0.15) is 11.6 Å². The minimum absolute atomic E-state index is 0.186. The minimum Gasteiger partial charge on any atom is -0.396 e. The first-order valence-electron chi connectivity index (χ1n) is 4.97. The van der Waals surface area contributed by atoms with E-state index in [-0.39, 0.29) is 6.61 Å². The van der Waals surface area contributed by atoms with Crippen molar-refractivity contribution in [2.24, 2.45) is 12.2 Å². The highest BCUT2D eigenvalue weighted by Gasteiger charge is 2.13. The van der Waals surface area contributed by atoms with E-state index < -0.39 is 6.04 Å². The standard InChI is InChI=1S/C11H12N4O/c1-15-6-5-8-3-2-4-9(11(8)15)10(7-16)13-14-12/h2-6,10,16H,7H2,1H3. The van der Waals surface area contributed by atoms with Gasteiger partial charge in [0.15, 0.2) is 0 Å². The zero-order valence-corrected chi connectivity index (χ0v) is 8.91. The number of benzene rings is 1. The Hall–Kier alpha value is -1.97. The van der Waals surface area contributed by atoms with Crippen LogP contribution in [0.3, 0.4) is 0 Å². The summed E-state index contributed by atoms with van der Waals surface area (Å²) < 4.78 is 1.96. The molecule has 2 rings (SSSR count). The summed E-state index contributed by atoms with van der Waals surface area (Å²) in [6.45, 7) is -0.186. The molecule has 0 aliphatic heterocycles. The monoisotopic (exact) mass is 216 g/mol. The van der Waals surface area contributed by atoms with Gasteiger partial charge in [-0.25, -0.2) is 0 Å². The summed E-state index contributed by atoms with van der Waals surface area (Å²) in [5.74, 6) is 0. The van der Waals surface area contributed by atoms with E-state index in [0.29, 0.717) is 0 Å². The maximum Gasteiger partial charge on any atom is 0.0876 e. The predicted molar refractivity (Wildman–Crippen MR) is 61.9 cm³/mol. The molecule has 0 bridgehead atoms. The van der Waals surface area contributed by atoms with E-state index in [1.807, 2.05) is 42.1 Å². The summed E-state index contributed by atoms with van der Waals surface area (Å²) in [5.41, 5.74) is 10.3. The SMILES string of the molecule is Cn1ccc2cccc(C(CO)N=[N+]=[N-])c21. The zero-order chi connectivity index (χ0) is 11.5. The van der Waals surface area contributed by atoms with Crippen molar-refractivity contribution < 1.29 is 5.11 Å². The van der Waals surface area contributed by atoms with E-state index in [2.05, 4.69) is 10.0 Å². The molecule has 1 atom stereocenters. The van der Waals surface area contributed by atoms with Crippen molar-refractivity contribution in [3.8, 4) is 0 Å². The first-order chi connectivity index (χ1) is 7.77. The van der Waals surface area contributed by atoms with Crippen LogP contribution < -0.4 is 0 Å². The summed E-state index contributed by atoms with van der Waals surface area (Å²) in [6, 6.07) is 7.22. The third kappa shape index (κ3) is 1.62. The summed E-state index contributed by atoms with van der Waals surface area (Å²) in [4.78, 5) is 2.76. The van der Waals surface area contributed by atoms with Crippen LogP contribution in [0.2, 0.25) is 0 Å². The summed E-state index contributed by atoms with van der Waals surface area (Å²) in [7, 11) is 1.93. The molecule has 1 aromatic carbocycles. The predicted octanol–water partition coefficient (Wildman–Crippen LogP) is 2.52. The van der Waals surface area contributed by atoms with E-state index in [1.54, 1.807) is 0 Å². The average molecular weight is 216 g/mol. The van der Waals surface area contributed by atoms with Crippen LogP contribution >= 0.6 is 0 Å². The first-order valence-corrected chi connectivity index (χ1v) is 4.97. The third-order valence-corrected chi connectivity index (χ3v) is 2.65. The van der Waals surface area contributed by atoms with Gasteiger partial charge in [-0.2, -0.15) is 0 Å². The molecule has 0 aliphatic carbocycles. The lowest BCUT2D eigenvalue weighted by atomic mass is 10.1. The fraction of sp³-hybridized carbons (Fsp3) is 0.273. The maximum atomic E-state index is 9.22. The van der Waals surface area contributed by atoms with Gasteiger partial charge < -0.3 is 9.67 Å². The van der Waals surface area contributed by atoms with Crippen molar-refractivity contribution in [3.05, 3.63) is 46.5 Å². The van der Waals surface area contributed by atoms with E-state index in [0.717, 1.165) is 16.5 Å². The Bertz CT molecular complexity index is 554. The Morgan fingerprint density at radius 2 is 2.31 bits per heavy atom. The number of aryl methyl sites for hydroxylation is 1. The van der Waals surface area contributed by atoms with Crippen molar-refractivity contribution in [1.29, 1.82) is 0 Å². The Morgan fingerprint density at radius 1 is 1.50 bits per heavy atom. The number of aliphatic hydroxyl groups is 1. The number of hydrogen-bond acceptors (Lipinski definition) is 2. The molecule has 0 saturated carbocycles. The van der Waals surface area contributed by atoms with Crippen molar-refractivity contribution in [1.82, 2.24) is 4.57 Å². The molecule has 0 saturated heterocycles. The summed E-state index contributed by atoms with van der Waals surface area (Å²) >= 11 is 0. The van der Waals surface area contributed by atoms with Gasteiger partial charge in [0.25, 0.3) is 0 Å². The Morgan fingerprint density at radius 3 is 3.00 bits per heavy atom. The fourth-order valence-corrected chi connectivity index (χ4v) is 1.92. The molecule has 16 heavy (non-hydrogen) atoms. The van der Waals surface area contributed by atoms with Crippen LogP contribution in [0.4, 0.5) is 0 Å². The van der Waals surface area contributed by atoms with Gasteiger partial charge in [0.05, 0.1) is 18.2 Å². The highest BCUT2D eigenvalue weighted by Crippen LogP contribution is 2.26. The summed E-state index contributed by atoms with van der Waals surface area (Å²) in [5, 5.41) is 13.9. The van der Waals surface area contributed by atoms with Gasteiger partial charge in [0.2, 0.25) is 0 Å². The van der Waals surface area contributed by atoms with Gasteiger partial charge >= 0.3 is 0 Å². The number of nitrogens with zero attached hydrogens (tertiary/aromatic N) is 4. The van der Waals surface area contributed by atoms with Crippen LogP contribution in [0, 0.1) is 0 Å². The number of rotatable bonds is 3. The molecular weight excluding hydrogens is 204 g/mol. The van der Waals surface area contributed by atoms with Crippen molar-refractivity contribution in [2.45, 2.75) is 6.04 Å². The molecule has 1 aromatic heterocycles. The Labute approximate surface area is 92.6 Å². The van der Waals surface area contributed by atoms with Crippen molar-refractivity contribution >= 4 is 10.9 Å². The number of hydrogen-bond donors (Lipinski definition) is 1. The van der Waals surface area contributed by atoms with Crippen LogP contribution in [-0.2, 0) is 7.05 Å². The van der Waals surface area contributed by atoms with Gasteiger partial charge in [-0.1, -0.05) is 23.3 Å². The minimum atomic E-state index is -0.526. The molecule has 1 heterocycles. The van der Waals surface area contributed by atoms with Gasteiger partial charge in [-0.05, 0) is 22.5 Å². The lowest BCUT2D eigenvalue weighted by Crippen LogP contribution is -2.02. The Kier molecular flexibility index (Phi) is 2.81. The van der Waals surface area contributed by atoms with E-state index >= 15 is 0 Å². The molecule has 0 amide bonds. The highest BCUT2D eigenvalue weighted by atomic mass is 16.3. The normalized spacial score (nSPS) is 12.4. The molecule has 5 heteroatoms. The number of fused-ring (bicyclic) bond motifs is 1. The van der Waals surface area contributed by atoms with Gasteiger partial charge in [0, 0.05) is 18.2 Å². The topological polar surface area (TPSA) is 73.9 Å². The lowest BCUT2D eigenvalue weighted by molar-refractivity contribution is 0.268. The molecule has 0 spiro atoms. The number of para-hydroxylation sites is 1. The number of aliphatic hydroxyl groups excluding tert-OH is 1.